The SMILES string of the molecule is O=C(NC[C@@H]1CCCN(Cc2cccc3ccccc23)C1)c1csc(CC(c2ccccc2)c2ccccc2)n1. The van der Waals surface area contributed by atoms with Crippen molar-refractivity contribution in [2.24, 2.45) is 5.92 Å². The maximum Gasteiger partial charge on any atom is 0.270 e. The molecule has 4 aromatic carbocycles. The Bertz CT molecular complexity index is 1500. The molecule has 1 atom stereocenters. The average Bonchev–Trinajstić information content (AvgIpc) is 3.49. The molecular weight excluding hydrogens is 510 g/mol. The van der Waals surface area contributed by atoms with Crippen LogP contribution in [0.1, 0.15) is 50.9 Å². The highest BCUT2D eigenvalue weighted by Gasteiger charge is 2.22. The Morgan fingerprint density at radius 1 is 0.900 bits per heavy atom. The van der Waals surface area contributed by atoms with Gasteiger partial charge in [-0.05, 0) is 52.8 Å². The first kappa shape index (κ1) is 26.4. The van der Waals surface area contributed by atoms with Crippen LogP contribution in [0.5, 0.6) is 0 Å². The van der Waals surface area contributed by atoms with Gasteiger partial charge in [-0.25, -0.2) is 4.98 Å². The number of thiazole rings is 1. The van der Waals surface area contributed by atoms with E-state index in [0.29, 0.717) is 18.2 Å². The summed E-state index contributed by atoms with van der Waals surface area (Å²) in [6, 6.07) is 36.3. The molecule has 202 valence electrons. The summed E-state index contributed by atoms with van der Waals surface area (Å²) >= 11 is 1.58. The van der Waals surface area contributed by atoms with Gasteiger partial charge >= 0.3 is 0 Å². The number of benzene rings is 4. The smallest absolute Gasteiger partial charge is 0.270 e. The molecule has 0 saturated carbocycles. The number of amides is 1. The first-order valence-electron chi connectivity index (χ1n) is 14.2. The molecule has 1 saturated heterocycles. The second kappa shape index (κ2) is 12.6. The first-order valence-corrected chi connectivity index (χ1v) is 15.1. The van der Waals surface area contributed by atoms with Gasteiger partial charge in [0.15, 0.2) is 0 Å². The van der Waals surface area contributed by atoms with Crippen molar-refractivity contribution in [3.05, 3.63) is 136 Å². The topological polar surface area (TPSA) is 45.2 Å². The lowest BCUT2D eigenvalue weighted by atomic mass is 9.89. The van der Waals surface area contributed by atoms with Gasteiger partial charge in [-0.1, -0.05) is 103 Å². The molecule has 1 amide bonds. The fraction of sp³-hybridized carbons (Fsp3) is 0.257. The van der Waals surface area contributed by atoms with Crippen LogP contribution in [-0.4, -0.2) is 35.4 Å². The van der Waals surface area contributed by atoms with Crippen molar-refractivity contribution in [2.75, 3.05) is 19.6 Å². The van der Waals surface area contributed by atoms with Crippen LogP contribution in [-0.2, 0) is 13.0 Å². The summed E-state index contributed by atoms with van der Waals surface area (Å²) in [5.74, 6) is 0.593. The number of rotatable bonds is 9. The quantitative estimate of drug-likeness (QED) is 0.211. The number of aromatic nitrogens is 1. The van der Waals surface area contributed by atoms with Crippen LogP contribution >= 0.6 is 11.3 Å². The molecule has 1 aliphatic heterocycles. The third-order valence-corrected chi connectivity index (χ3v) is 8.87. The highest BCUT2D eigenvalue weighted by atomic mass is 32.1. The van der Waals surface area contributed by atoms with Gasteiger partial charge in [0, 0.05) is 37.4 Å². The molecule has 6 rings (SSSR count). The Kier molecular flexibility index (Phi) is 8.31. The molecule has 2 heterocycles. The first-order chi connectivity index (χ1) is 19.7. The summed E-state index contributed by atoms with van der Waals surface area (Å²) in [6.07, 6.45) is 3.08. The van der Waals surface area contributed by atoms with Gasteiger partial charge in [0.05, 0.1) is 5.01 Å². The van der Waals surface area contributed by atoms with Crippen molar-refractivity contribution in [2.45, 2.75) is 31.7 Å². The van der Waals surface area contributed by atoms with Gasteiger partial charge in [0.1, 0.15) is 5.69 Å². The van der Waals surface area contributed by atoms with E-state index in [1.807, 2.05) is 17.5 Å². The molecule has 0 bridgehead atoms. The average molecular weight is 546 g/mol. The number of carbonyl (C=O) groups is 1. The minimum atomic E-state index is -0.0651. The highest BCUT2D eigenvalue weighted by Crippen LogP contribution is 2.30. The summed E-state index contributed by atoms with van der Waals surface area (Å²) in [7, 11) is 0. The number of nitrogens with one attached hydrogen (secondary N) is 1. The predicted molar refractivity (Wildman–Crippen MR) is 165 cm³/mol. The van der Waals surface area contributed by atoms with Crippen LogP contribution in [0.2, 0.25) is 0 Å². The highest BCUT2D eigenvalue weighted by molar-refractivity contribution is 7.09. The number of hydrogen-bond donors (Lipinski definition) is 1. The largest absolute Gasteiger partial charge is 0.350 e. The molecule has 4 nitrogen and oxygen atoms in total. The second-order valence-corrected chi connectivity index (χ2v) is 11.7. The lowest BCUT2D eigenvalue weighted by molar-refractivity contribution is 0.0926. The Morgan fingerprint density at radius 2 is 1.60 bits per heavy atom. The van der Waals surface area contributed by atoms with Gasteiger partial charge in [-0.2, -0.15) is 0 Å². The molecule has 1 aromatic heterocycles. The molecule has 1 N–H and O–H groups in total. The van der Waals surface area contributed by atoms with Crippen LogP contribution in [0.15, 0.2) is 109 Å². The van der Waals surface area contributed by atoms with E-state index in [4.69, 9.17) is 4.98 Å². The molecule has 0 radical (unpaired) electrons. The van der Waals surface area contributed by atoms with Crippen molar-refractivity contribution in [1.82, 2.24) is 15.2 Å². The second-order valence-electron chi connectivity index (χ2n) is 10.8. The molecular formula is C35H35N3OS. The van der Waals surface area contributed by atoms with Crippen LogP contribution in [0, 0.1) is 5.92 Å². The summed E-state index contributed by atoms with van der Waals surface area (Å²) < 4.78 is 0. The maximum atomic E-state index is 13.1. The van der Waals surface area contributed by atoms with Crippen molar-refractivity contribution in [3.63, 3.8) is 0 Å². The Balaban J connectivity index is 1.06. The van der Waals surface area contributed by atoms with E-state index in [0.717, 1.165) is 43.9 Å². The Morgan fingerprint density at radius 3 is 2.38 bits per heavy atom. The maximum absolute atomic E-state index is 13.1. The van der Waals surface area contributed by atoms with E-state index in [1.54, 1.807) is 11.3 Å². The Hall–Kier alpha value is -3.80. The van der Waals surface area contributed by atoms with E-state index in [-0.39, 0.29) is 11.8 Å². The van der Waals surface area contributed by atoms with E-state index < -0.39 is 0 Å². The van der Waals surface area contributed by atoms with Crippen molar-refractivity contribution in [3.8, 4) is 0 Å². The Labute approximate surface area is 240 Å². The van der Waals surface area contributed by atoms with Gasteiger partial charge in [-0.15, -0.1) is 11.3 Å². The van der Waals surface area contributed by atoms with Crippen LogP contribution < -0.4 is 5.32 Å². The number of likely N-dealkylation sites (tertiary alicyclic amines) is 1. The zero-order valence-corrected chi connectivity index (χ0v) is 23.5. The van der Waals surface area contributed by atoms with Gasteiger partial charge in [0.25, 0.3) is 5.91 Å². The zero-order chi connectivity index (χ0) is 27.1. The fourth-order valence-corrected chi connectivity index (χ4v) is 6.76. The standard InChI is InChI=1S/C35H35N3OS/c39-35(33-25-40-34(37-33)21-32(28-12-3-1-4-13-28)29-14-5-2-6-15-29)36-22-26-11-10-20-38(23-26)24-30-18-9-17-27-16-7-8-19-31(27)30/h1-9,12-19,25-26,32H,10-11,20-24H2,(H,36,39)/t26-/m0/s1. The monoisotopic (exact) mass is 545 g/mol. The van der Waals surface area contributed by atoms with E-state index >= 15 is 0 Å². The number of nitrogens with zero attached hydrogens (tertiary/aromatic N) is 2. The molecule has 1 fully saturated rings. The van der Waals surface area contributed by atoms with E-state index in [1.165, 1.54) is 27.5 Å². The predicted octanol–water partition coefficient (Wildman–Crippen LogP) is 7.31. The van der Waals surface area contributed by atoms with Gasteiger partial charge in [-0.3, -0.25) is 9.69 Å². The van der Waals surface area contributed by atoms with Crippen molar-refractivity contribution >= 4 is 28.0 Å². The molecule has 40 heavy (non-hydrogen) atoms. The number of hydrogen-bond acceptors (Lipinski definition) is 4. The van der Waals surface area contributed by atoms with E-state index in [9.17, 15) is 4.79 Å². The van der Waals surface area contributed by atoms with E-state index in [2.05, 4.69) is 101 Å². The van der Waals surface area contributed by atoms with Gasteiger partial charge in [0.2, 0.25) is 0 Å². The normalized spacial score (nSPS) is 15.9. The third-order valence-electron chi connectivity index (χ3n) is 8.00. The summed E-state index contributed by atoms with van der Waals surface area (Å²) in [6.45, 7) is 3.74. The molecule has 0 unspecified atom stereocenters. The third kappa shape index (κ3) is 6.33. The minimum absolute atomic E-state index is 0.0651. The van der Waals surface area contributed by atoms with Crippen LogP contribution in [0.25, 0.3) is 10.8 Å². The zero-order valence-electron chi connectivity index (χ0n) is 22.7. The van der Waals surface area contributed by atoms with Crippen molar-refractivity contribution < 1.29 is 4.79 Å². The number of piperidine rings is 1. The lowest BCUT2D eigenvalue weighted by Gasteiger charge is -2.33. The fourth-order valence-electron chi connectivity index (χ4n) is 5.94. The molecule has 0 spiro atoms. The molecule has 5 aromatic rings. The summed E-state index contributed by atoms with van der Waals surface area (Å²) in [5, 5.41) is 8.72. The summed E-state index contributed by atoms with van der Waals surface area (Å²) in [4.78, 5) is 20.4. The van der Waals surface area contributed by atoms with Crippen molar-refractivity contribution in [1.29, 1.82) is 0 Å². The summed E-state index contributed by atoms with van der Waals surface area (Å²) in [5.41, 5.74) is 4.44. The molecule has 1 aliphatic rings. The minimum Gasteiger partial charge on any atom is -0.350 e. The molecule has 5 heteroatoms. The van der Waals surface area contributed by atoms with Gasteiger partial charge < -0.3 is 5.32 Å². The van der Waals surface area contributed by atoms with Crippen LogP contribution in [0.3, 0.4) is 0 Å². The molecule has 0 aliphatic carbocycles. The lowest BCUT2D eigenvalue weighted by Crippen LogP contribution is -2.40. The number of fused-ring (bicyclic) bond motifs is 1. The number of carbonyl (C=O) groups excluding carboxylic acids is 1. The van der Waals surface area contributed by atoms with Crippen LogP contribution in [0.4, 0.5) is 0 Å².